The molecular formula is C16H20FNO2. The lowest BCUT2D eigenvalue weighted by molar-refractivity contribution is 0.0949. The quantitative estimate of drug-likeness (QED) is 0.833. The maximum atomic E-state index is 13.3. The van der Waals surface area contributed by atoms with Gasteiger partial charge in [-0.1, -0.05) is 32.6 Å². The molecule has 0 heterocycles. The third-order valence-electron chi connectivity index (χ3n) is 2.69. The van der Waals surface area contributed by atoms with E-state index in [4.69, 9.17) is 5.11 Å². The average Bonchev–Trinajstić information content (AvgIpc) is 2.35. The highest BCUT2D eigenvalue weighted by atomic mass is 19.1. The summed E-state index contributed by atoms with van der Waals surface area (Å²) < 4.78 is 13.3. The smallest absolute Gasteiger partial charge is 0.252 e. The second kappa shape index (κ2) is 7.06. The number of benzene rings is 1. The van der Waals surface area contributed by atoms with Crippen LogP contribution in [0.2, 0.25) is 0 Å². The molecule has 4 heteroatoms. The summed E-state index contributed by atoms with van der Waals surface area (Å²) in [5, 5.41) is 11.5. The number of carbonyl (C=O) groups excluding carboxylic acids is 1. The Labute approximate surface area is 119 Å². The molecule has 1 aromatic rings. The second-order valence-electron chi connectivity index (χ2n) is 5.72. The molecule has 0 unspecified atom stereocenters. The fourth-order valence-corrected chi connectivity index (χ4v) is 1.59. The van der Waals surface area contributed by atoms with E-state index >= 15 is 0 Å². The molecule has 20 heavy (non-hydrogen) atoms. The SMILES string of the molecule is CC(C)(C)CCNC(=O)c1cc(F)ccc1C#CCO. The van der Waals surface area contributed by atoms with Crippen LogP contribution in [0.5, 0.6) is 0 Å². The van der Waals surface area contributed by atoms with E-state index in [1.54, 1.807) is 0 Å². The summed E-state index contributed by atoms with van der Waals surface area (Å²) in [5.74, 6) is 4.28. The zero-order valence-electron chi connectivity index (χ0n) is 12.1. The molecule has 0 aromatic heterocycles. The minimum absolute atomic E-state index is 0.120. The van der Waals surface area contributed by atoms with Crippen molar-refractivity contribution in [3.05, 3.63) is 35.1 Å². The first-order valence-corrected chi connectivity index (χ1v) is 6.51. The number of aliphatic hydroxyl groups is 1. The predicted molar refractivity (Wildman–Crippen MR) is 76.8 cm³/mol. The Balaban J connectivity index is 2.83. The summed E-state index contributed by atoms with van der Waals surface area (Å²) in [4.78, 5) is 12.1. The van der Waals surface area contributed by atoms with Crippen LogP contribution < -0.4 is 5.32 Å². The lowest BCUT2D eigenvalue weighted by Crippen LogP contribution is -2.28. The van der Waals surface area contributed by atoms with Crippen molar-refractivity contribution in [2.45, 2.75) is 27.2 Å². The fourth-order valence-electron chi connectivity index (χ4n) is 1.59. The minimum Gasteiger partial charge on any atom is -0.384 e. The molecule has 0 aliphatic carbocycles. The van der Waals surface area contributed by atoms with Gasteiger partial charge in [-0.25, -0.2) is 4.39 Å². The van der Waals surface area contributed by atoms with Crippen LogP contribution in [0.3, 0.4) is 0 Å². The molecule has 1 aromatic carbocycles. The Morgan fingerprint density at radius 3 is 2.70 bits per heavy atom. The summed E-state index contributed by atoms with van der Waals surface area (Å²) in [6.45, 7) is 6.46. The summed E-state index contributed by atoms with van der Waals surface area (Å²) >= 11 is 0. The summed E-state index contributed by atoms with van der Waals surface area (Å²) in [5.41, 5.74) is 0.725. The molecule has 3 nitrogen and oxygen atoms in total. The van der Waals surface area contributed by atoms with Gasteiger partial charge < -0.3 is 10.4 Å². The number of nitrogens with one attached hydrogen (secondary N) is 1. The highest BCUT2D eigenvalue weighted by Crippen LogP contribution is 2.17. The van der Waals surface area contributed by atoms with Crippen molar-refractivity contribution in [1.29, 1.82) is 0 Å². The van der Waals surface area contributed by atoms with Gasteiger partial charge in [0.25, 0.3) is 5.91 Å². The van der Waals surface area contributed by atoms with Crippen molar-refractivity contribution in [3.63, 3.8) is 0 Å². The predicted octanol–water partition coefficient (Wildman–Crippen LogP) is 2.34. The summed E-state index contributed by atoms with van der Waals surface area (Å²) in [6.07, 6.45) is 0.825. The van der Waals surface area contributed by atoms with Crippen molar-refractivity contribution < 1.29 is 14.3 Å². The van der Waals surface area contributed by atoms with Crippen molar-refractivity contribution in [2.24, 2.45) is 5.41 Å². The van der Waals surface area contributed by atoms with Crippen molar-refractivity contribution >= 4 is 5.91 Å². The minimum atomic E-state index is -0.486. The highest BCUT2D eigenvalue weighted by Gasteiger charge is 2.14. The van der Waals surface area contributed by atoms with Crippen LogP contribution in [-0.2, 0) is 0 Å². The normalized spacial score (nSPS) is 10.7. The largest absolute Gasteiger partial charge is 0.384 e. The lowest BCUT2D eigenvalue weighted by atomic mass is 9.92. The van der Waals surface area contributed by atoms with E-state index in [9.17, 15) is 9.18 Å². The highest BCUT2D eigenvalue weighted by molar-refractivity contribution is 5.96. The van der Waals surface area contributed by atoms with Gasteiger partial charge in [-0.2, -0.15) is 0 Å². The van der Waals surface area contributed by atoms with E-state index in [2.05, 4.69) is 37.9 Å². The molecule has 0 aliphatic rings. The molecule has 0 atom stereocenters. The van der Waals surface area contributed by atoms with E-state index in [0.717, 1.165) is 12.5 Å². The third kappa shape index (κ3) is 5.41. The van der Waals surface area contributed by atoms with Gasteiger partial charge in [-0.3, -0.25) is 4.79 Å². The van der Waals surface area contributed by atoms with Gasteiger partial charge in [0.05, 0.1) is 5.56 Å². The van der Waals surface area contributed by atoms with Crippen molar-refractivity contribution in [3.8, 4) is 11.8 Å². The molecular weight excluding hydrogens is 257 g/mol. The van der Waals surface area contributed by atoms with Crippen LogP contribution in [0.25, 0.3) is 0 Å². The summed E-state index contributed by atoms with van der Waals surface area (Å²) in [6, 6.07) is 3.85. The first-order valence-electron chi connectivity index (χ1n) is 6.51. The fraction of sp³-hybridized carbons (Fsp3) is 0.438. The van der Waals surface area contributed by atoms with E-state index in [0.29, 0.717) is 12.1 Å². The van der Waals surface area contributed by atoms with Crippen LogP contribution >= 0.6 is 0 Å². The number of carbonyl (C=O) groups is 1. The van der Waals surface area contributed by atoms with E-state index in [1.165, 1.54) is 12.1 Å². The molecule has 1 rings (SSSR count). The number of amides is 1. The van der Waals surface area contributed by atoms with E-state index in [-0.39, 0.29) is 23.5 Å². The Hall–Kier alpha value is -1.86. The molecule has 0 fully saturated rings. The average molecular weight is 277 g/mol. The Kier molecular flexibility index (Phi) is 5.72. The van der Waals surface area contributed by atoms with E-state index in [1.807, 2.05) is 0 Å². The molecule has 1 amide bonds. The lowest BCUT2D eigenvalue weighted by Gasteiger charge is -2.18. The van der Waals surface area contributed by atoms with Gasteiger partial charge in [-0.15, -0.1) is 0 Å². The van der Waals surface area contributed by atoms with Crippen molar-refractivity contribution in [1.82, 2.24) is 5.32 Å². The Morgan fingerprint density at radius 1 is 1.40 bits per heavy atom. The monoisotopic (exact) mass is 277 g/mol. The number of aliphatic hydroxyl groups excluding tert-OH is 1. The zero-order chi connectivity index (χ0) is 15.2. The maximum absolute atomic E-state index is 13.3. The first kappa shape index (κ1) is 16.2. The molecule has 0 spiro atoms. The number of hydrogen-bond acceptors (Lipinski definition) is 2. The number of rotatable bonds is 3. The van der Waals surface area contributed by atoms with Crippen LogP contribution in [0, 0.1) is 23.1 Å². The van der Waals surface area contributed by atoms with Gasteiger partial charge in [0.15, 0.2) is 0 Å². The van der Waals surface area contributed by atoms with Gasteiger partial charge in [0.2, 0.25) is 0 Å². The Morgan fingerprint density at radius 2 is 2.10 bits per heavy atom. The molecule has 0 radical (unpaired) electrons. The third-order valence-corrected chi connectivity index (χ3v) is 2.69. The summed E-state index contributed by atoms with van der Waals surface area (Å²) in [7, 11) is 0. The zero-order valence-corrected chi connectivity index (χ0v) is 12.1. The van der Waals surface area contributed by atoms with Crippen molar-refractivity contribution in [2.75, 3.05) is 13.2 Å². The molecule has 0 saturated carbocycles. The standard InChI is InChI=1S/C16H20FNO2/c1-16(2,3)8-9-18-15(20)14-11-13(17)7-6-12(14)5-4-10-19/h6-7,11,19H,8-10H2,1-3H3,(H,18,20). The maximum Gasteiger partial charge on any atom is 0.252 e. The molecule has 108 valence electrons. The first-order chi connectivity index (χ1) is 9.33. The van der Waals surface area contributed by atoms with Gasteiger partial charge in [-0.05, 0) is 30.0 Å². The molecule has 2 N–H and O–H groups in total. The van der Waals surface area contributed by atoms with Gasteiger partial charge >= 0.3 is 0 Å². The second-order valence-corrected chi connectivity index (χ2v) is 5.72. The molecule has 0 bridgehead atoms. The molecule has 0 aliphatic heterocycles. The van der Waals surface area contributed by atoms with Gasteiger partial charge in [0.1, 0.15) is 12.4 Å². The van der Waals surface area contributed by atoms with Crippen LogP contribution in [0.4, 0.5) is 4.39 Å². The number of hydrogen-bond donors (Lipinski definition) is 2. The number of halogens is 1. The van der Waals surface area contributed by atoms with Crippen LogP contribution in [0.1, 0.15) is 43.1 Å². The Bertz CT molecular complexity index is 536. The van der Waals surface area contributed by atoms with Crippen LogP contribution in [-0.4, -0.2) is 24.2 Å². The molecule has 0 saturated heterocycles. The van der Waals surface area contributed by atoms with Crippen LogP contribution in [0.15, 0.2) is 18.2 Å². The van der Waals surface area contributed by atoms with Gasteiger partial charge in [0, 0.05) is 12.1 Å². The topological polar surface area (TPSA) is 49.3 Å². The van der Waals surface area contributed by atoms with E-state index < -0.39 is 5.82 Å².